The summed E-state index contributed by atoms with van der Waals surface area (Å²) in [4.78, 5) is 16.1. The highest BCUT2D eigenvalue weighted by Crippen LogP contribution is 2.41. The molecule has 1 amide bonds. The third-order valence-corrected chi connectivity index (χ3v) is 6.36. The number of carbonyl (C=O) groups excluding carboxylic acids is 1. The van der Waals surface area contributed by atoms with E-state index < -0.39 is 0 Å². The van der Waals surface area contributed by atoms with Crippen molar-refractivity contribution in [2.45, 2.75) is 56.4 Å². The number of benzene rings is 1. The molecule has 0 radical (unpaired) electrons. The van der Waals surface area contributed by atoms with Crippen LogP contribution < -0.4 is 5.32 Å². The highest BCUT2D eigenvalue weighted by atomic mass is 32.2. The smallest absolute Gasteiger partial charge is 0.221 e. The summed E-state index contributed by atoms with van der Waals surface area (Å²) in [6, 6.07) is 7.85. The molecule has 0 aliphatic heterocycles. The minimum absolute atomic E-state index is 0.0793. The largest absolute Gasteiger partial charge is 0.326 e. The van der Waals surface area contributed by atoms with Crippen molar-refractivity contribution in [1.29, 1.82) is 0 Å². The maximum atomic E-state index is 11.4. The van der Waals surface area contributed by atoms with Crippen molar-refractivity contribution in [2.75, 3.05) is 5.32 Å². The lowest BCUT2D eigenvalue weighted by atomic mass is 10.2. The normalized spacial score (nSPS) is 13.6. The highest BCUT2D eigenvalue weighted by Gasteiger charge is 2.31. The number of carbonyl (C=O) groups is 1. The second-order valence-corrected chi connectivity index (χ2v) is 8.84. The Bertz CT molecular complexity index is 977. The van der Waals surface area contributed by atoms with Crippen molar-refractivity contribution in [3.05, 3.63) is 46.2 Å². The molecule has 1 aromatic carbocycles. The summed E-state index contributed by atoms with van der Waals surface area (Å²) in [5, 5.41) is 16.0. The fraction of sp³-hybridized carbons (Fsp3) is 0.400. The van der Waals surface area contributed by atoms with E-state index in [9.17, 15) is 4.79 Å². The summed E-state index contributed by atoms with van der Waals surface area (Å²) in [7, 11) is 0. The second kappa shape index (κ2) is 8.45. The Kier molecular flexibility index (Phi) is 5.77. The predicted molar refractivity (Wildman–Crippen MR) is 113 cm³/mol. The molecule has 2 heterocycles. The fourth-order valence-corrected chi connectivity index (χ4v) is 4.89. The number of hydrogen-bond acceptors (Lipinski definition) is 6. The van der Waals surface area contributed by atoms with E-state index in [1.807, 2.05) is 24.3 Å². The first-order chi connectivity index (χ1) is 13.6. The molecule has 4 rings (SSSR count). The predicted octanol–water partition coefficient (Wildman–Crippen LogP) is 4.80. The van der Waals surface area contributed by atoms with Crippen LogP contribution in [0.1, 0.15) is 55.6 Å². The molecule has 1 saturated carbocycles. The van der Waals surface area contributed by atoms with Crippen LogP contribution in [0.4, 0.5) is 5.69 Å². The van der Waals surface area contributed by atoms with Crippen LogP contribution in [0.15, 0.2) is 34.8 Å². The van der Waals surface area contributed by atoms with E-state index in [4.69, 9.17) is 4.98 Å². The number of anilines is 1. The molecule has 1 aliphatic rings. The van der Waals surface area contributed by atoms with E-state index >= 15 is 0 Å². The van der Waals surface area contributed by atoms with Crippen molar-refractivity contribution < 1.29 is 4.79 Å². The molecule has 0 bridgehead atoms. The number of amides is 1. The van der Waals surface area contributed by atoms with Gasteiger partial charge in [0.15, 0.2) is 5.16 Å². The summed E-state index contributed by atoms with van der Waals surface area (Å²) >= 11 is 3.39. The van der Waals surface area contributed by atoms with Crippen molar-refractivity contribution in [2.24, 2.45) is 0 Å². The van der Waals surface area contributed by atoms with Crippen LogP contribution in [0.2, 0.25) is 0 Å². The second-order valence-electron chi connectivity index (χ2n) is 6.95. The average Bonchev–Trinajstić information content (AvgIpc) is 3.27. The lowest BCUT2D eigenvalue weighted by Crippen LogP contribution is -2.07. The van der Waals surface area contributed by atoms with Crippen LogP contribution in [-0.2, 0) is 17.0 Å². The number of rotatable bonds is 8. The monoisotopic (exact) mass is 413 g/mol. The number of aryl methyl sites for hydroxylation is 1. The maximum Gasteiger partial charge on any atom is 0.221 e. The first kappa shape index (κ1) is 19.1. The number of nitrogens with zero attached hydrogens (tertiary/aromatic N) is 4. The van der Waals surface area contributed by atoms with E-state index in [1.165, 1.54) is 11.9 Å². The molecule has 3 aromatic rings. The van der Waals surface area contributed by atoms with Crippen molar-refractivity contribution in [3.8, 4) is 5.69 Å². The molecule has 1 aliphatic carbocycles. The summed E-state index contributed by atoms with van der Waals surface area (Å²) in [5.74, 6) is 2.17. The van der Waals surface area contributed by atoms with Crippen LogP contribution in [0.3, 0.4) is 0 Å². The molecule has 1 fully saturated rings. The van der Waals surface area contributed by atoms with Crippen molar-refractivity contribution in [3.63, 3.8) is 0 Å². The molecule has 0 atom stereocenters. The van der Waals surface area contributed by atoms with Crippen molar-refractivity contribution >= 4 is 34.7 Å². The Labute approximate surface area is 172 Å². The minimum atomic E-state index is -0.0793. The summed E-state index contributed by atoms with van der Waals surface area (Å²) in [5.41, 5.74) is 2.85. The Morgan fingerprint density at radius 3 is 2.96 bits per heavy atom. The van der Waals surface area contributed by atoms with Gasteiger partial charge in [-0.3, -0.25) is 9.36 Å². The Hall–Kier alpha value is -2.19. The zero-order chi connectivity index (χ0) is 19.5. The van der Waals surface area contributed by atoms with Gasteiger partial charge in [0.2, 0.25) is 5.91 Å². The van der Waals surface area contributed by atoms with Gasteiger partial charge in [-0.1, -0.05) is 24.8 Å². The number of nitrogens with one attached hydrogen (secondary N) is 1. The maximum absolute atomic E-state index is 11.4. The van der Waals surface area contributed by atoms with Gasteiger partial charge in [-0.2, -0.15) is 0 Å². The molecule has 6 nitrogen and oxygen atoms in total. The van der Waals surface area contributed by atoms with E-state index in [0.717, 1.165) is 59.5 Å². The van der Waals surface area contributed by atoms with Gasteiger partial charge in [-0.15, -0.1) is 21.5 Å². The van der Waals surface area contributed by atoms with Gasteiger partial charge in [0.25, 0.3) is 0 Å². The van der Waals surface area contributed by atoms with Gasteiger partial charge in [-0.25, -0.2) is 4.98 Å². The number of hydrogen-bond donors (Lipinski definition) is 1. The molecule has 0 spiro atoms. The summed E-state index contributed by atoms with van der Waals surface area (Å²) < 4.78 is 2.13. The topological polar surface area (TPSA) is 72.7 Å². The number of aromatic nitrogens is 4. The third kappa shape index (κ3) is 4.44. The molecule has 0 saturated heterocycles. The lowest BCUT2D eigenvalue weighted by Gasteiger charge is -2.11. The number of thioether (sulfide) groups is 1. The van der Waals surface area contributed by atoms with E-state index in [-0.39, 0.29) is 5.91 Å². The molecule has 2 aromatic heterocycles. The lowest BCUT2D eigenvalue weighted by molar-refractivity contribution is -0.114. The molecule has 146 valence electrons. The zero-order valence-electron chi connectivity index (χ0n) is 16.0. The van der Waals surface area contributed by atoms with Crippen LogP contribution in [0.25, 0.3) is 5.69 Å². The quantitative estimate of drug-likeness (QED) is 0.537. The third-order valence-electron chi connectivity index (χ3n) is 4.44. The highest BCUT2D eigenvalue weighted by molar-refractivity contribution is 7.98. The van der Waals surface area contributed by atoms with E-state index in [0.29, 0.717) is 5.92 Å². The Morgan fingerprint density at radius 1 is 1.36 bits per heavy atom. The molecule has 0 unspecified atom stereocenters. The van der Waals surface area contributed by atoms with E-state index in [1.54, 1.807) is 23.1 Å². The van der Waals surface area contributed by atoms with E-state index in [2.05, 4.69) is 32.4 Å². The SMILES string of the molecule is CCCc1nc(CSc2nnc(C3CC3)n2-c2cccc(NC(C)=O)c2)cs1. The molecule has 8 heteroatoms. The van der Waals surface area contributed by atoms with Crippen LogP contribution in [0, 0.1) is 0 Å². The first-order valence-electron chi connectivity index (χ1n) is 9.53. The van der Waals surface area contributed by atoms with Gasteiger partial charge >= 0.3 is 0 Å². The fourth-order valence-electron chi connectivity index (χ4n) is 3.03. The zero-order valence-corrected chi connectivity index (χ0v) is 17.6. The van der Waals surface area contributed by atoms with Crippen LogP contribution in [-0.4, -0.2) is 25.7 Å². The first-order valence-corrected chi connectivity index (χ1v) is 11.4. The standard InChI is InChI=1S/C20H23N5OS2/c1-3-5-18-22-16(11-27-18)12-28-20-24-23-19(14-8-9-14)25(20)17-7-4-6-15(10-17)21-13(2)26/h4,6-7,10-11,14H,3,5,8-9,12H2,1-2H3,(H,21,26). The average molecular weight is 414 g/mol. The van der Waals surface area contributed by atoms with Crippen LogP contribution in [0.5, 0.6) is 0 Å². The summed E-state index contributed by atoms with van der Waals surface area (Å²) in [6.45, 7) is 3.69. The molecular weight excluding hydrogens is 390 g/mol. The molecule has 1 N–H and O–H groups in total. The van der Waals surface area contributed by atoms with Gasteiger partial charge in [0.1, 0.15) is 5.82 Å². The van der Waals surface area contributed by atoms with Gasteiger partial charge in [0.05, 0.1) is 16.4 Å². The minimum Gasteiger partial charge on any atom is -0.326 e. The number of thiazole rings is 1. The Morgan fingerprint density at radius 2 is 2.21 bits per heavy atom. The summed E-state index contributed by atoms with van der Waals surface area (Å²) in [6.07, 6.45) is 4.46. The molecule has 28 heavy (non-hydrogen) atoms. The van der Waals surface area contributed by atoms with Crippen LogP contribution >= 0.6 is 23.1 Å². The Balaban J connectivity index is 1.59. The molecular formula is C20H23N5OS2. The van der Waals surface area contributed by atoms with Crippen molar-refractivity contribution in [1.82, 2.24) is 19.7 Å². The van der Waals surface area contributed by atoms with Gasteiger partial charge in [-0.05, 0) is 43.9 Å². The van der Waals surface area contributed by atoms with Gasteiger partial charge < -0.3 is 5.32 Å². The van der Waals surface area contributed by atoms with Gasteiger partial charge in [0, 0.05) is 29.7 Å².